The van der Waals surface area contributed by atoms with Crippen LogP contribution in [-0.4, -0.2) is 20.1 Å². The van der Waals surface area contributed by atoms with Crippen LogP contribution in [0.15, 0.2) is 51.9 Å². The third-order valence-electron chi connectivity index (χ3n) is 3.20. The van der Waals surface area contributed by atoms with E-state index in [2.05, 4.69) is 31.6 Å². The van der Waals surface area contributed by atoms with Gasteiger partial charge in [0.2, 0.25) is 0 Å². The van der Waals surface area contributed by atoms with Crippen LogP contribution in [0.3, 0.4) is 0 Å². The van der Waals surface area contributed by atoms with Crippen molar-refractivity contribution in [1.29, 1.82) is 0 Å². The second-order valence-corrected chi connectivity index (χ2v) is 5.82. The first-order valence-electron chi connectivity index (χ1n) is 7.13. The van der Waals surface area contributed by atoms with Gasteiger partial charge in [-0.25, -0.2) is 4.39 Å². The van der Waals surface area contributed by atoms with E-state index in [1.807, 2.05) is 30.3 Å². The molecule has 0 aromatic heterocycles. The Labute approximate surface area is 167 Å². The van der Waals surface area contributed by atoms with E-state index < -0.39 is 0 Å². The van der Waals surface area contributed by atoms with Gasteiger partial charge in [0.1, 0.15) is 11.6 Å². The van der Waals surface area contributed by atoms with Crippen LogP contribution in [0.4, 0.5) is 4.39 Å². The van der Waals surface area contributed by atoms with E-state index >= 15 is 0 Å². The molecule has 0 aliphatic carbocycles. The number of rotatable bonds is 5. The summed E-state index contributed by atoms with van der Waals surface area (Å²) < 4.78 is 19.3. The number of nitrogens with zero attached hydrogens (tertiary/aromatic N) is 1. The fraction of sp³-hybridized carbons (Fsp3) is 0.235. The number of methoxy groups -OCH3 is 1. The van der Waals surface area contributed by atoms with Crippen LogP contribution < -0.4 is 15.4 Å². The molecule has 0 atom stereocenters. The zero-order valence-corrected chi connectivity index (χ0v) is 17.4. The molecule has 0 aliphatic heterocycles. The number of nitrogens with one attached hydrogen (secondary N) is 2. The van der Waals surface area contributed by atoms with Crippen molar-refractivity contribution in [3.63, 3.8) is 0 Å². The maximum Gasteiger partial charge on any atom is 0.191 e. The summed E-state index contributed by atoms with van der Waals surface area (Å²) in [6.45, 7) is 1.10. The van der Waals surface area contributed by atoms with Crippen molar-refractivity contribution in [1.82, 2.24) is 10.6 Å². The maximum atomic E-state index is 13.4. The van der Waals surface area contributed by atoms with Gasteiger partial charge in [-0.15, -0.1) is 24.0 Å². The van der Waals surface area contributed by atoms with E-state index in [4.69, 9.17) is 4.74 Å². The van der Waals surface area contributed by atoms with Gasteiger partial charge in [-0.1, -0.05) is 28.1 Å². The van der Waals surface area contributed by atoms with E-state index in [1.54, 1.807) is 14.2 Å². The quantitative estimate of drug-likeness (QED) is 0.364. The summed E-state index contributed by atoms with van der Waals surface area (Å²) in [6, 6.07) is 12.6. The lowest BCUT2D eigenvalue weighted by Gasteiger charge is -2.13. The van der Waals surface area contributed by atoms with Crippen LogP contribution in [0.1, 0.15) is 11.1 Å². The number of ether oxygens (including phenoxy) is 1. The minimum absolute atomic E-state index is 0. The highest BCUT2D eigenvalue weighted by atomic mass is 127. The maximum absolute atomic E-state index is 13.4. The van der Waals surface area contributed by atoms with E-state index in [9.17, 15) is 4.39 Å². The highest BCUT2D eigenvalue weighted by Gasteiger charge is 2.02. The lowest BCUT2D eigenvalue weighted by atomic mass is 10.2. The molecule has 7 heteroatoms. The molecule has 0 spiro atoms. The predicted octanol–water partition coefficient (Wildman–Crippen LogP) is 4.08. The van der Waals surface area contributed by atoms with Gasteiger partial charge in [-0.05, 0) is 41.5 Å². The monoisotopic (exact) mass is 507 g/mol. The minimum Gasteiger partial charge on any atom is -0.497 e. The Morgan fingerprint density at radius 1 is 1.12 bits per heavy atom. The first kappa shape index (κ1) is 20.7. The van der Waals surface area contributed by atoms with Gasteiger partial charge in [0.25, 0.3) is 0 Å². The topological polar surface area (TPSA) is 45.7 Å². The van der Waals surface area contributed by atoms with Crippen molar-refractivity contribution in [2.75, 3.05) is 14.2 Å². The highest BCUT2D eigenvalue weighted by Crippen LogP contribution is 2.15. The van der Waals surface area contributed by atoms with Crippen molar-refractivity contribution in [3.05, 3.63) is 63.9 Å². The SMILES string of the molecule is CN=C(NCc1cc(F)cc(Br)c1)NCc1cccc(OC)c1.I. The summed E-state index contributed by atoms with van der Waals surface area (Å²) >= 11 is 3.29. The number of hydrogen-bond acceptors (Lipinski definition) is 2. The van der Waals surface area contributed by atoms with Gasteiger partial charge in [0.15, 0.2) is 5.96 Å². The van der Waals surface area contributed by atoms with Crippen molar-refractivity contribution < 1.29 is 9.13 Å². The molecular formula is C17H20BrFIN3O. The highest BCUT2D eigenvalue weighted by molar-refractivity contribution is 14.0. The summed E-state index contributed by atoms with van der Waals surface area (Å²) in [4.78, 5) is 4.16. The Morgan fingerprint density at radius 2 is 1.83 bits per heavy atom. The van der Waals surface area contributed by atoms with Gasteiger partial charge in [-0.2, -0.15) is 0 Å². The first-order chi connectivity index (χ1) is 11.1. The van der Waals surface area contributed by atoms with Gasteiger partial charge < -0.3 is 15.4 Å². The van der Waals surface area contributed by atoms with Gasteiger partial charge in [0, 0.05) is 24.6 Å². The molecular weight excluding hydrogens is 488 g/mol. The summed E-state index contributed by atoms with van der Waals surface area (Å²) in [6.07, 6.45) is 0. The van der Waals surface area contributed by atoms with Gasteiger partial charge >= 0.3 is 0 Å². The molecule has 4 nitrogen and oxygen atoms in total. The molecule has 130 valence electrons. The first-order valence-corrected chi connectivity index (χ1v) is 7.92. The van der Waals surface area contributed by atoms with Crippen LogP contribution in [0.5, 0.6) is 5.75 Å². The second-order valence-electron chi connectivity index (χ2n) is 4.91. The molecule has 2 rings (SSSR count). The smallest absolute Gasteiger partial charge is 0.191 e. The number of aliphatic imine (C=N–C) groups is 1. The Balaban J connectivity index is 0.00000288. The predicted molar refractivity (Wildman–Crippen MR) is 110 cm³/mol. The van der Waals surface area contributed by atoms with Crippen LogP contribution in [0.2, 0.25) is 0 Å². The number of hydrogen-bond donors (Lipinski definition) is 2. The fourth-order valence-corrected chi connectivity index (χ4v) is 2.60. The molecule has 0 unspecified atom stereocenters. The molecule has 0 saturated heterocycles. The molecule has 0 fully saturated rings. The number of benzene rings is 2. The van der Waals surface area contributed by atoms with E-state index in [-0.39, 0.29) is 29.8 Å². The Kier molecular flexibility index (Phi) is 9.05. The van der Waals surface area contributed by atoms with Crippen LogP contribution in [0.25, 0.3) is 0 Å². The molecule has 2 aromatic carbocycles. The van der Waals surface area contributed by atoms with Crippen LogP contribution in [-0.2, 0) is 13.1 Å². The van der Waals surface area contributed by atoms with Crippen LogP contribution >= 0.6 is 39.9 Å². The standard InChI is InChI=1S/C17H19BrFN3O.HI/c1-20-17(21-10-12-4-3-5-16(8-12)23-2)22-11-13-6-14(18)9-15(19)7-13;/h3-9H,10-11H2,1-2H3,(H2,20,21,22);1H. The number of guanidine groups is 1. The third kappa shape index (κ3) is 6.64. The lowest BCUT2D eigenvalue weighted by Crippen LogP contribution is -2.36. The Hall–Kier alpha value is -1.35. The molecule has 0 saturated carbocycles. The van der Waals surface area contributed by atoms with Crippen molar-refractivity contribution in [2.45, 2.75) is 13.1 Å². The molecule has 2 aromatic rings. The zero-order chi connectivity index (χ0) is 16.7. The van der Waals surface area contributed by atoms with E-state index in [0.717, 1.165) is 16.9 Å². The largest absolute Gasteiger partial charge is 0.497 e. The average Bonchev–Trinajstić information content (AvgIpc) is 2.54. The Bertz CT molecular complexity index is 677. The minimum atomic E-state index is -0.268. The van der Waals surface area contributed by atoms with Crippen molar-refractivity contribution in [2.24, 2.45) is 4.99 Å². The second kappa shape index (κ2) is 10.5. The van der Waals surface area contributed by atoms with Gasteiger partial charge in [-0.3, -0.25) is 4.99 Å². The molecule has 0 heterocycles. The molecule has 0 amide bonds. The van der Waals surface area contributed by atoms with Crippen molar-refractivity contribution in [3.8, 4) is 5.75 Å². The zero-order valence-electron chi connectivity index (χ0n) is 13.5. The van der Waals surface area contributed by atoms with E-state index in [1.165, 1.54) is 12.1 Å². The summed E-state index contributed by atoms with van der Waals surface area (Å²) in [5.41, 5.74) is 1.92. The lowest BCUT2D eigenvalue weighted by molar-refractivity contribution is 0.414. The van der Waals surface area contributed by atoms with Crippen LogP contribution in [0, 0.1) is 5.82 Å². The number of halogens is 3. The molecule has 0 bridgehead atoms. The summed E-state index contributed by atoms with van der Waals surface area (Å²) in [7, 11) is 3.34. The normalized spacial score (nSPS) is 10.8. The molecule has 0 radical (unpaired) electrons. The average molecular weight is 508 g/mol. The third-order valence-corrected chi connectivity index (χ3v) is 3.66. The summed E-state index contributed by atoms with van der Waals surface area (Å²) in [5, 5.41) is 6.37. The van der Waals surface area contributed by atoms with E-state index in [0.29, 0.717) is 23.5 Å². The fourth-order valence-electron chi connectivity index (χ4n) is 2.09. The molecule has 0 aliphatic rings. The molecule has 2 N–H and O–H groups in total. The van der Waals surface area contributed by atoms with Gasteiger partial charge in [0.05, 0.1) is 7.11 Å². The van der Waals surface area contributed by atoms with Crippen molar-refractivity contribution >= 4 is 45.9 Å². The Morgan fingerprint density at radius 3 is 2.46 bits per heavy atom. The summed E-state index contributed by atoms with van der Waals surface area (Å²) in [5.74, 6) is 1.19. The molecule has 24 heavy (non-hydrogen) atoms.